The Morgan fingerprint density at radius 2 is 2.20 bits per heavy atom. The second kappa shape index (κ2) is 5.87. The van der Waals surface area contributed by atoms with Crippen LogP contribution in [0.15, 0.2) is 10.7 Å². The van der Waals surface area contributed by atoms with Crippen LogP contribution in [0, 0.1) is 11.8 Å². The molecule has 0 spiro atoms. The van der Waals surface area contributed by atoms with Crippen LogP contribution in [-0.4, -0.2) is 21.7 Å². The monoisotopic (exact) mass is 352 g/mol. The van der Waals surface area contributed by atoms with Crippen LogP contribution in [0.5, 0.6) is 0 Å². The van der Waals surface area contributed by atoms with Gasteiger partial charge in [0, 0.05) is 12.5 Å². The van der Waals surface area contributed by atoms with E-state index in [9.17, 15) is 18.0 Å². The van der Waals surface area contributed by atoms with Crippen LogP contribution < -0.4 is 0 Å². The first kappa shape index (κ1) is 15.5. The molecule has 0 saturated heterocycles. The van der Waals surface area contributed by atoms with E-state index < -0.39 is 18.0 Å². The fourth-order valence-electron chi connectivity index (χ4n) is 2.77. The van der Waals surface area contributed by atoms with Crippen LogP contribution >= 0.6 is 15.9 Å². The van der Waals surface area contributed by atoms with Gasteiger partial charge < -0.3 is 0 Å². The largest absolute Gasteiger partial charge is 0.391 e. The minimum Gasteiger partial charge on any atom is -0.292 e. The maximum absolute atomic E-state index is 12.8. The Balaban J connectivity index is 2.19. The summed E-state index contributed by atoms with van der Waals surface area (Å²) >= 11 is 3.25. The van der Waals surface area contributed by atoms with Crippen molar-refractivity contribution in [2.24, 2.45) is 11.8 Å². The maximum Gasteiger partial charge on any atom is 0.391 e. The third-order valence-corrected chi connectivity index (χ3v) is 4.42. The molecule has 1 heterocycles. The number of nitrogens with zero attached hydrogens (tertiary/aromatic N) is 2. The Morgan fingerprint density at radius 3 is 2.80 bits per heavy atom. The normalized spacial score (nSPS) is 23.9. The van der Waals surface area contributed by atoms with Gasteiger partial charge in [0.15, 0.2) is 5.78 Å². The molecule has 1 aliphatic carbocycles. The van der Waals surface area contributed by atoms with E-state index in [0.29, 0.717) is 29.6 Å². The number of alkyl halides is 3. The van der Waals surface area contributed by atoms with E-state index in [-0.39, 0.29) is 18.6 Å². The van der Waals surface area contributed by atoms with Gasteiger partial charge >= 0.3 is 6.18 Å². The predicted octanol–water partition coefficient (Wildman–Crippen LogP) is 4.22. The Hall–Kier alpha value is -0.850. The molecule has 1 aromatic heterocycles. The molecule has 3 nitrogen and oxygen atoms in total. The molecule has 0 N–H and O–H groups in total. The van der Waals surface area contributed by atoms with E-state index in [1.807, 2.05) is 6.92 Å². The third-order valence-electron chi connectivity index (χ3n) is 3.84. The van der Waals surface area contributed by atoms with E-state index in [2.05, 4.69) is 21.0 Å². The lowest BCUT2D eigenvalue weighted by Crippen LogP contribution is -2.32. The Bertz CT molecular complexity index is 498. The van der Waals surface area contributed by atoms with Crippen molar-refractivity contribution in [3.8, 4) is 0 Å². The fraction of sp³-hybridized carbons (Fsp3) is 0.692. The zero-order valence-electron chi connectivity index (χ0n) is 11.1. The molecule has 0 amide bonds. The van der Waals surface area contributed by atoms with Gasteiger partial charge in [0.1, 0.15) is 5.69 Å². The zero-order chi connectivity index (χ0) is 14.9. The van der Waals surface area contributed by atoms with Gasteiger partial charge in [-0.2, -0.15) is 18.3 Å². The quantitative estimate of drug-likeness (QED) is 0.763. The van der Waals surface area contributed by atoms with Crippen molar-refractivity contribution in [1.82, 2.24) is 9.78 Å². The van der Waals surface area contributed by atoms with Crippen LogP contribution in [-0.2, 0) is 6.54 Å². The van der Waals surface area contributed by atoms with E-state index >= 15 is 0 Å². The molecule has 1 fully saturated rings. The number of Topliss-reactive ketones (excluding diaryl/α,β-unsaturated/α-hetero) is 1. The molecule has 0 bridgehead atoms. The summed E-state index contributed by atoms with van der Waals surface area (Å²) in [4.78, 5) is 12.5. The van der Waals surface area contributed by atoms with Crippen molar-refractivity contribution in [2.45, 2.75) is 45.3 Å². The first-order chi connectivity index (χ1) is 9.34. The molecule has 112 valence electrons. The Labute approximate surface area is 123 Å². The molecule has 0 aromatic carbocycles. The Morgan fingerprint density at radius 1 is 1.50 bits per heavy atom. The van der Waals surface area contributed by atoms with Crippen molar-refractivity contribution in [1.29, 1.82) is 0 Å². The summed E-state index contributed by atoms with van der Waals surface area (Å²) < 4.78 is 40.5. The van der Waals surface area contributed by atoms with Gasteiger partial charge in [0.2, 0.25) is 0 Å². The van der Waals surface area contributed by atoms with Crippen LogP contribution in [0.3, 0.4) is 0 Å². The van der Waals surface area contributed by atoms with Gasteiger partial charge in [-0.1, -0.05) is 6.42 Å². The second-order valence-corrected chi connectivity index (χ2v) is 5.98. The van der Waals surface area contributed by atoms with Crippen molar-refractivity contribution < 1.29 is 18.0 Å². The number of aryl methyl sites for hydroxylation is 1. The zero-order valence-corrected chi connectivity index (χ0v) is 12.7. The summed E-state index contributed by atoms with van der Waals surface area (Å²) in [5.74, 6) is -2.15. The smallest absolute Gasteiger partial charge is 0.292 e. The van der Waals surface area contributed by atoms with E-state index in [1.165, 1.54) is 10.9 Å². The highest BCUT2D eigenvalue weighted by atomic mass is 79.9. The van der Waals surface area contributed by atoms with Crippen LogP contribution in [0.1, 0.15) is 43.1 Å². The lowest BCUT2D eigenvalue weighted by Gasteiger charge is -2.29. The molecule has 0 aliphatic heterocycles. The molecular weight excluding hydrogens is 337 g/mol. The van der Waals surface area contributed by atoms with Crippen molar-refractivity contribution in [3.05, 3.63) is 16.4 Å². The van der Waals surface area contributed by atoms with Gasteiger partial charge in [-0.15, -0.1) is 0 Å². The highest BCUT2D eigenvalue weighted by Crippen LogP contribution is 2.41. The number of carbonyl (C=O) groups excluding carboxylic acids is 1. The standard InChI is InChI=1S/C13H16BrF3N2O/c1-2-19-11(10(14)7-18-19)12(20)8-4-3-5-9(6-8)13(15,16)17/h7-9H,2-6H2,1H3. The van der Waals surface area contributed by atoms with Gasteiger partial charge in [-0.25, -0.2) is 0 Å². The van der Waals surface area contributed by atoms with E-state index in [4.69, 9.17) is 0 Å². The fourth-order valence-corrected chi connectivity index (χ4v) is 3.26. The topological polar surface area (TPSA) is 34.9 Å². The summed E-state index contributed by atoms with van der Waals surface area (Å²) in [6.45, 7) is 2.36. The summed E-state index contributed by atoms with van der Waals surface area (Å²) in [5.41, 5.74) is 0.389. The van der Waals surface area contributed by atoms with Gasteiger partial charge in [0.05, 0.1) is 16.6 Å². The molecule has 2 unspecified atom stereocenters. The van der Waals surface area contributed by atoms with E-state index in [1.54, 1.807) is 0 Å². The highest BCUT2D eigenvalue weighted by Gasteiger charge is 2.44. The minimum absolute atomic E-state index is 0.107. The van der Waals surface area contributed by atoms with Crippen molar-refractivity contribution in [3.63, 3.8) is 0 Å². The number of halogens is 4. The van der Waals surface area contributed by atoms with Crippen LogP contribution in [0.25, 0.3) is 0 Å². The lowest BCUT2D eigenvalue weighted by atomic mass is 9.78. The summed E-state index contributed by atoms with van der Waals surface area (Å²) in [7, 11) is 0. The Kier molecular flexibility index (Phi) is 4.56. The summed E-state index contributed by atoms with van der Waals surface area (Å²) in [5, 5.41) is 4.04. The summed E-state index contributed by atoms with van der Waals surface area (Å²) in [6, 6.07) is 0. The highest BCUT2D eigenvalue weighted by molar-refractivity contribution is 9.10. The number of rotatable bonds is 3. The molecule has 2 atom stereocenters. The summed E-state index contributed by atoms with van der Waals surface area (Å²) in [6.07, 6.45) is -1.71. The molecule has 1 aliphatic rings. The number of ketones is 1. The lowest BCUT2D eigenvalue weighted by molar-refractivity contribution is -0.184. The SMILES string of the molecule is CCn1ncc(Br)c1C(=O)C1CCCC(C(F)(F)F)C1. The van der Waals surface area contributed by atoms with E-state index in [0.717, 1.165) is 0 Å². The minimum atomic E-state index is -4.21. The maximum atomic E-state index is 12.8. The number of aromatic nitrogens is 2. The molecule has 2 rings (SSSR count). The van der Waals surface area contributed by atoms with Gasteiger partial charge in [0.25, 0.3) is 0 Å². The molecule has 7 heteroatoms. The van der Waals surface area contributed by atoms with Crippen molar-refractivity contribution in [2.75, 3.05) is 0 Å². The van der Waals surface area contributed by atoms with Crippen LogP contribution in [0.4, 0.5) is 13.2 Å². The van der Waals surface area contributed by atoms with Crippen molar-refractivity contribution >= 4 is 21.7 Å². The van der Waals surface area contributed by atoms with Crippen LogP contribution in [0.2, 0.25) is 0 Å². The molecular formula is C13H16BrF3N2O. The average molecular weight is 353 g/mol. The number of carbonyl (C=O) groups is 1. The number of hydrogen-bond acceptors (Lipinski definition) is 2. The first-order valence-electron chi connectivity index (χ1n) is 6.66. The van der Waals surface area contributed by atoms with Gasteiger partial charge in [-0.3, -0.25) is 9.48 Å². The molecule has 1 aromatic rings. The third kappa shape index (κ3) is 3.07. The molecule has 20 heavy (non-hydrogen) atoms. The average Bonchev–Trinajstić information content (AvgIpc) is 2.78. The first-order valence-corrected chi connectivity index (χ1v) is 7.46. The second-order valence-electron chi connectivity index (χ2n) is 5.12. The molecule has 1 saturated carbocycles. The molecule has 0 radical (unpaired) electrons. The number of hydrogen-bond donors (Lipinski definition) is 0. The predicted molar refractivity (Wildman–Crippen MR) is 71.4 cm³/mol. The van der Waals surface area contributed by atoms with Gasteiger partial charge in [-0.05, 0) is 42.1 Å².